The summed E-state index contributed by atoms with van der Waals surface area (Å²) in [5.74, 6) is 0.723. The summed E-state index contributed by atoms with van der Waals surface area (Å²) in [7, 11) is 0. The van der Waals surface area contributed by atoms with Crippen molar-refractivity contribution in [1.29, 1.82) is 0 Å². The summed E-state index contributed by atoms with van der Waals surface area (Å²) in [5.41, 5.74) is 2.82. The lowest BCUT2D eigenvalue weighted by Crippen LogP contribution is -2.22. The lowest BCUT2D eigenvalue weighted by Gasteiger charge is -2.18. The van der Waals surface area contributed by atoms with Gasteiger partial charge in [-0.3, -0.25) is 0 Å². The van der Waals surface area contributed by atoms with Crippen molar-refractivity contribution in [3.05, 3.63) is 58.8 Å². The highest BCUT2D eigenvalue weighted by Crippen LogP contribution is 2.26. The maximum atomic E-state index is 13.3. The second kappa shape index (κ2) is 5.36. The Balaban J connectivity index is 2.41. The van der Waals surface area contributed by atoms with Gasteiger partial charge in [-0.15, -0.1) is 0 Å². The average Bonchev–Trinajstić information content (AvgIpc) is 2.76. The smallest absolute Gasteiger partial charge is 0.126 e. The minimum Gasteiger partial charge on any atom is -0.469 e. The van der Waals surface area contributed by atoms with Crippen molar-refractivity contribution in [2.75, 3.05) is 6.54 Å². The zero-order valence-electron chi connectivity index (χ0n) is 11.0. The molecule has 0 aliphatic rings. The SMILES string of the molecule is CCNC(c1ccc(F)c(C)c1)c1ccoc1C. The van der Waals surface area contributed by atoms with Crippen molar-refractivity contribution in [2.45, 2.75) is 26.8 Å². The van der Waals surface area contributed by atoms with Gasteiger partial charge in [0.25, 0.3) is 0 Å². The molecule has 0 spiro atoms. The molecule has 0 saturated carbocycles. The van der Waals surface area contributed by atoms with Crippen LogP contribution in [-0.4, -0.2) is 6.54 Å². The van der Waals surface area contributed by atoms with Gasteiger partial charge in [-0.05, 0) is 43.7 Å². The second-order valence-corrected chi connectivity index (χ2v) is 4.43. The molecule has 18 heavy (non-hydrogen) atoms. The van der Waals surface area contributed by atoms with Crippen LogP contribution < -0.4 is 5.32 Å². The summed E-state index contributed by atoms with van der Waals surface area (Å²) < 4.78 is 18.7. The maximum absolute atomic E-state index is 13.3. The molecular formula is C15H18FNO. The van der Waals surface area contributed by atoms with Crippen LogP contribution in [-0.2, 0) is 0 Å². The molecule has 1 aromatic carbocycles. The van der Waals surface area contributed by atoms with E-state index in [9.17, 15) is 4.39 Å². The number of halogens is 1. The number of furan rings is 1. The van der Waals surface area contributed by atoms with Crippen LogP contribution in [0.3, 0.4) is 0 Å². The van der Waals surface area contributed by atoms with E-state index in [1.807, 2.05) is 25.1 Å². The fourth-order valence-electron chi connectivity index (χ4n) is 2.15. The first-order chi connectivity index (χ1) is 8.63. The van der Waals surface area contributed by atoms with Crippen molar-refractivity contribution >= 4 is 0 Å². The molecule has 1 N–H and O–H groups in total. The first kappa shape index (κ1) is 12.8. The standard InChI is InChI=1S/C15H18FNO/c1-4-17-15(13-7-8-18-11(13)3)12-5-6-14(16)10(2)9-12/h5-9,15,17H,4H2,1-3H3. The van der Waals surface area contributed by atoms with E-state index in [1.165, 1.54) is 6.07 Å². The Kier molecular flexibility index (Phi) is 3.82. The van der Waals surface area contributed by atoms with Gasteiger partial charge < -0.3 is 9.73 Å². The molecule has 96 valence electrons. The Bertz CT molecular complexity index is 533. The van der Waals surface area contributed by atoms with Crippen LogP contribution in [0.15, 0.2) is 34.9 Å². The zero-order chi connectivity index (χ0) is 13.1. The van der Waals surface area contributed by atoms with Gasteiger partial charge in [0.2, 0.25) is 0 Å². The summed E-state index contributed by atoms with van der Waals surface area (Å²) >= 11 is 0. The minimum atomic E-state index is -0.169. The third-order valence-electron chi connectivity index (χ3n) is 3.13. The molecule has 2 nitrogen and oxygen atoms in total. The number of rotatable bonds is 4. The first-order valence-electron chi connectivity index (χ1n) is 6.17. The van der Waals surface area contributed by atoms with E-state index in [1.54, 1.807) is 13.2 Å². The van der Waals surface area contributed by atoms with Crippen LogP contribution >= 0.6 is 0 Å². The first-order valence-corrected chi connectivity index (χ1v) is 6.17. The normalized spacial score (nSPS) is 12.7. The number of nitrogens with one attached hydrogen (secondary N) is 1. The molecule has 0 radical (unpaired) electrons. The number of benzene rings is 1. The summed E-state index contributed by atoms with van der Waals surface area (Å²) in [6, 6.07) is 7.23. The topological polar surface area (TPSA) is 25.2 Å². The van der Waals surface area contributed by atoms with Crippen molar-refractivity contribution in [2.24, 2.45) is 0 Å². The quantitative estimate of drug-likeness (QED) is 0.890. The van der Waals surface area contributed by atoms with Gasteiger partial charge in [-0.1, -0.05) is 19.1 Å². The highest BCUT2D eigenvalue weighted by Gasteiger charge is 2.17. The molecule has 0 aliphatic carbocycles. The van der Waals surface area contributed by atoms with Crippen molar-refractivity contribution in [3.63, 3.8) is 0 Å². The second-order valence-electron chi connectivity index (χ2n) is 4.43. The Morgan fingerprint density at radius 3 is 2.61 bits per heavy atom. The fraction of sp³-hybridized carbons (Fsp3) is 0.333. The van der Waals surface area contributed by atoms with Crippen LogP contribution in [0.5, 0.6) is 0 Å². The molecule has 1 heterocycles. The van der Waals surface area contributed by atoms with Gasteiger partial charge >= 0.3 is 0 Å². The molecule has 1 atom stereocenters. The van der Waals surface area contributed by atoms with Crippen LogP contribution in [0.2, 0.25) is 0 Å². The molecule has 2 rings (SSSR count). The minimum absolute atomic E-state index is 0.0491. The van der Waals surface area contributed by atoms with Crippen molar-refractivity contribution in [1.82, 2.24) is 5.32 Å². The molecule has 1 unspecified atom stereocenters. The van der Waals surface area contributed by atoms with Gasteiger partial charge in [-0.25, -0.2) is 4.39 Å². The predicted molar refractivity (Wildman–Crippen MR) is 70.1 cm³/mol. The third kappa shape index (κ3) is 2.46. The van der Waals surface area contributed by atoms with E-state index in [0.29, 0.717) is 5.56 Å². The molecule has 0 bridgehead atoms. The van der Waals surface area contributed by atoms with Crippen LogP contribution in [0.4, 0.5) is 4.39 Å². The van der Waals surface area contributed by atoms with Crippen LogP contribution in [0.25, 0.3) is 0 Å². The Morgan fingerprint density at radius 2 is 2.06 bits per heavy atom. The third-order valence-corrected chi connectivity index (χ3v) is 3.13. The Labute approximate surface area is 107 Å². The Hall–Kier alpha value is -1.61. The molecule has 0 aliphatic heterocycles. The summed E-state index contributed by atoms with van der Waals surface area (Å²) in [4.78, 5) is 0. The van der Waals surface area contributed by atoms with Crippen molar-refractivity contribution < 1.29 is 8.81 Å². The fourth-order valence-corrected chi connectivity index (χ4v) is 2.15. The number of hydrogen-bond acceptors (Lipinski definition) is 2. The highest BCUT2D eigenvalue weighted by atomic mass is 19.1. The predicted octanol–water partition coefficient (Wildman–Crippen LogP) is 3.73. The highest BCUT2D eigenvalue weighted by molar-refractivity contribution is 5.35. The molecular weight excluding hydrogens is 229 g/mol. The van der Waals surface area contributed by atoms with E-state index in [2.05, 4.69) is 12.2 Å². The molecule has 3 heteroatoms. The maximum Gasteiger partial charge on any atom is 0.126 e. The lowest BCUT2D eigenvalue weighted by atomic mass is 9.97. The summed E-state index contributed by atoms with van der Waals surface area (Å²) in [6.45, 7) is 6.62. The average molecular weight is 247 g/mol. The van der Waals surface area contributed by atoms with Crippen LogP contribution in [0, 0.1) is 19.7 Å². The summed E-state index contributed by atoms with van der Waals surface area (Å²) in [5, 5.41) is 3.41. The number of hydrogen-bond donors (Lipinski definition) is 1. The lowest BCUT2D eigenvalue weighted by molar-refractivity contribution is 0.519. The zero-order valence-corrected chi connectivity index (χ0v) is 11.0. The molecule has 2 aromatic rings. The van der Waals surface area contributed by atoms with E-state index in [-0.39, 0.29) is 11.9 Å². The van der Waals surface area contributed by atoms with E-state index in [0.717, 1.165) is 23.4 Å². The van der Waals surface area contributed by atoms with E-state index >= 15 is 0 Å². The van der Waals surface area contributed by atoms with Crippen molar-refractivity contribution in [3.8, 4) is 0 Å². The van der Waals surface area contributed by atoms with Gasteiger partial charge in [0.15, 0.2) is 0 Å². The van der Waals surface area contributed by atoms with E-state index < -0.39 is 0 Å². The molecule has 0 fully saturated rings. The Morgan fingerprint density at radius 1 is 1.28 bits per heavy atom. The molecule has 1 aromatic heterocycles. The van der Waals surface area contributed by atoms with Gasteiger partial charge in [0.1, 0.15) is 11.6 Å². The monoisotopic (exact) mass is 247 g/mol. The van der Waals surface area contributed by atoms with Gasteiger partial charge in [0, 0.05) is 5.56 Å². The van der Waals surface area contributed by atoms with Gasteiger partial charge in [-0.2, -0.15) is 0 Å². The van der Waals surface area contributed by atoms with E-state index in [4.69, 9.17) is 4.42 Å². The van der Waals surface area contributed by atoms with Crippen LogP contribution in [0.1, 0.15) is 35.4 Å². The van der Waals surface area contributed by atoms with Gasteiger partial charge in [0.05, 0.1) is 12.3 Å². The summed E-state index contributed by atoms with van der Waals surface area (Å²) in [6.07, 6.45) is 1.69. The molecule has 0 saturated heterocycles. The largest absolute Gasteiger partial charge is 0.469 e. The number of aryl methyl sites for hydroxylation is 2. The molecule has 0 amide bonds.